The lowest BCUT2D eigenvalue weighted by atomic mass is 9.98. The molecule has 0 radical (unpaired) electrons. The Morgan fingerprint density at radius 2 is 1.88 bits per heavy atom. The molecule has 0 saturated carbocycles. The fourth-order valence-electron chi connectivity index (χ4n) is 2.01. The Morgan fingerprint density at radius 1 is 1.18 bits per heavy atom. The van der Waals surface area contributed by atoms with Gasteiger partial charge in [-0.1, -0.05) is 51.0 Å². The maximum atomic E-state index is 9.99. The zero-order valence-corrected chi connectivity index (χ0v) is 11.3. The molecule has 0 saturated heterocycles. The summed E-state index contributed by atoms with van der Waals surface area (Å²) < 4.78 is 0. The third-order valence-electron chi connectivity index (χ3n) is 3.23. The molecule has 0 fully saturated rings. The molecule has 1 aromatic rings. The molecule has 0 heterocycles. The molecule has 1 aromatic carbocycles. The van der Waals surface area contributed by atoms with E-state index in [1.54, 1.807) is 6.07 Å². The molecule has 0 aromatic heterocycles. The predicted molar refractivity (Wildman–Crippen MR) is 75.3 cm³/mol. The van der Waals surface area contributed by atoms with Crippen molar-refractivity contribution in [3.8, 4) is 5.75 Å². The number of hydrogen-bond donors (Lipinski definition) is 1. The Morgan fingerprint density at radius 3 is 2.47 bits per heavy atom. The van der Waals surface area contributed by atoms with Crippen molar-refractivity contribution in [1.29, 1.82) is 0 Å². The van der Waals surface area contributed by atoms with E-state index in [4.69, 9.17) is 0 Å². The Balaban J connectivity index is 3.06. The molecule has 1 heteroatoms. The topological polar surface area (TPSA) is 20.2 Å². The molecule has 1 N–H and O–H groups in total. The molecular weight excluding hydrogens is 208 g/mol. The number of aromatic hydroxyl groups is 1. The summed E-state index contributed by atoms with van der Waals surface area (Å²) in [6.07, 6.45) is 7.69. The second-order valence-electron chi connectivity index (χ2n) is 4.46. The monoisotopic (exact) mass is 232 g/mol. The van der Waals surface area contributed by atoms with E-state index in [1.165, 1.54) is 24.0 Å². The fraction of sp³-hybridized carbons (Fsp3) is 0.500. The van der Waals surface area contributed by atoms with Gasteiger partial charge in [-0.15, -0.1) is 0 Å². The molecular formula is C16H24O. The van der Waals surface area contributed by atoms with Crippen molar-refractivity contribution in [3.63, 3.8) is 0 Å². The molecule has 0 unspecified atom stereocenters. The molecule has 0 atom stereocenters. The van der Waals surface area contributed by atoms with Crippen molar-refractivity contribution in [1.82, 2.24) is 0 Å². The minimum absolute atomic E-state index is 0.415. The average Bonchev–Trinajstić information content (AvgIpc) is 2.35. The number of unbranched alkanes of at least 4 members (excludes halogenated alkanes) is 1. The van der Waals surface area contributed by atoms with Gasteiger partial charge in [0.15, 0.2) is 0 Å². The highest BCUT2D eigenvalue weighted by atomic mass is 16.3. The van der Waals surface area contributed by atoms with Crippen LogP contribution in [0.3, 0.4) is 0 Å². The van der Waals surface area contributed by atoms with E-state index in [-0.39, 0.29) is 0 Å². The summed E-state index contributed by atoms with van der Waals surface area (Å²) in [7, 11) is 0. The smallest absolute Gasteiger partial charge is 0.123 e. The molecule has 1 rings (SSSR count). The van der Waals surface area contributed by atoms with Gasteiger partial charge in [0.1, 0.15) is 5.75 Å². The van der Waals surface area contributed by atoms with E-state index >= 15 is 0 Å². The van der Waals surface area contributed by atoms with Crippen LogP contribution in [0.1, 0.15) is 57.6 Å². The minimum atomic E-state index is 0.415. The molecule has 0 aliphatic rings. The van der Waals surface area contributed by atoms with Gasteiger partial charge in [-0.2, -0.15) is 0 Å². The van der Waals surface area contributed by atoms with Crippen LogP contribution in [-0.2, 0) is 6.42 Å². The lowest BCUT2D eigenvalue weighted by Gasteiger charge is -2.09. The third kappa shape index (κ3) is 3.92. The van der Waals surface area contributed by atoms with Gasteiger partial charge in [0.2, 0.25) is 0 Å². The zero-order chi connectivity index (χ0) is 12.7. The predicted octanol–water partition coefficient (Wildman–Crippen LogP) is 4.94. The van der Waals surface area contributed by atoms with Crippen LogP contribution < -0.4 is 0 Å². The van der Waals surface area contributed by atoms with Gasteiger partial charge in [0, 0.05) is 5.56 Å². The van der Waals surface area contributed by atoms with Gasteiger partial charge < -0.3 is 5.11 Å². The first-order chi connectivity index (χ1) is 8.22. The number of phenolic OH excluding ortho intramolecular Hbond substituents is 1. The van der Waals surface area contributed by atoms with Crippen LogP contribution >= 0.6 is 0 Å². The summed E-state index contributed by atoms with van der Waals surface area (Å²) in [5.74, 6) is 0.415. The van der Waals surface area contributed by atoms with Crippen LogP contribution in [0.4, 0.5) is 0 Å². The minimum Gasteiger partial charge on any atom is -0.507 e. The summed E-state index contributed by atoms with van der Waals surface area (Å²) in [5, 5.41) is 9.99. The molecule has 0 spiro atoms. The first kappa shape index (κ1) is 13.8. The van der Waals surface area contributed by atoms with Crippen LogP contribution in [0, 0.1) is 0 Å². The lowest BCUT2D eigenvalue weighted by molar-refractivity contribution is 0.473. The van der Waals surface area contributed by atoms with Gasteiger partial charge in [0.25, 0.3) is 0 Å². The van der Waals surface area contributed by atoms with E-state index in [0.717, 1.165) is 24.8 Å². The molecule has 0 bridgehead atoms. The molecule has 94 valence electrons. The Hall–Kier alpha value is -1.24. The second kappa shape index (κ2) is 7.16. The van der Waals surface area contributed by atoms with E-state index < -0.39 is 0 Å². The molecule has 1 nitrogen and oxygen atoms in total. The Bertz CT molecular complexity index is 371. The fourth-order valence-corrected chi connectivity index (χ4v) is 2.01. The van der Waals surface area contributed by atoms with Crippen molar-refractivity contribution in [2.45, 2.75) is 52.9 Å². The van der Waals surface area contributed by atoms with Gasteiger partial charge in [-0.3, -0.25) is 0 Å². The highest BCUT2D eigenvalue weighted by molar-refractivity contribution is 5.63. The third-order valence-corrected chi connectivity index (χ3v) is 3.23. The SMILES string of the molecule is CCCCc1cccc(O)c1C=C(CC)CC. The summed E-state index contributed by atoms with van der Waals surface area (Å²) >= 11 is 0. The standard InChI is InChI=1S/C16H24O/c1-4-7-9-14-10-8-11-16(17)15(14)12-13(5-2)6-3/h8,10-12,17H,4-7,9H2,1-3H3. The highest BCUT2D eigenvalue weighted by Gasteiger charge is 2.05. The van der Waals surface area contributed by atoms with Crippen LogP contribution in [0.15, 0.2) is 23.8 Å². The van der Waals surface area contributed by atoms with Gasteiger partial charge in [-0.25, -0.2) is 0 Å². The number of aryl methyl sites for hydroxylation is 1. The number of allylic oxidation sites excluding steroid dienone is 1. The van der Waals surface area contributed by atoms with Crippen LogP contribution in [0.2, 0.25) is 0 Å². The van der Waals surface area contributed by atoms with Crippen LogP contribution in [0.25, 0.3) is 6.08 Å². The summed E-state index contributed by atoms with van der Waals surface area (Å²) in [5.41, 5.74) is 3.69. The maximum absolute atomic E-state index is 9.99. The number of phenols is 1. The second-order valence-corrected chi connectivity index (χ2v) is 4.46. The van der Waals surface area contributed by atoms with E-state index in [1.807, 2.05) is 6.07 Å². The number of rotatable bonds is 6. The summed E-state index contributed by atoms with van der Waals surface area (Å²) in [6, 6.07) is 5.85. The average molecular weight is 232 g/mol. The normalized spacial score (nSPS) is 10.3. The van der Waals surface area contributed by atoms with Crippen molar-refractivity contribution in [2.24, 2.45) is 0 Å². The van der Waals surface area contributed by atoms with Crippen molar-refractivity contribution >= 4 is 6.08 Å². The number of benzene rings is 1. The Kier molecular flexibility index (Phi) is 5.82. The molecule has 0 amide bonds. The first-order valence-electron chi connectivity index (χ1n) is 6.73. The van der Waals surface area contributed by atoms with Crippen molar-refractivity contribution < 1.29 is 5.11 Å². The molecule has 17 heavy (non-hydrogen) atoms. The quantitative estimate of drug-likeness (QED) is 0.736. The largest absolute Gasteiger partial charge is 0.507 e. The van der Waals surface area contributed by atoms with Crippen molar-refractivity contribution in [3.05, 3.63) is 34.9 Å². The molecule has 0 aliphatic heterocycles. The van der Waals surface area contributed by atoms with E-state index in [2.05, 4.69) is 32.9 Å². The van der Waals surface area contributed by atoms with Gasteiger partial charge >= 0.3 is 0 Å². The van der Waals surface area contributed by atoms with Crippen LogP contribution in [-0.4, -0.2) is 5.11 Å². The first-order valence-corrected chi connectivity index (χ1v) is 6.73. The molecule has 0 aliphatic carbocycles. The maximum Gasteiger partial charge on any atom is 0.123 e. The Labute approximate surface area is 105 Å². The van der Waals surface area contributed by atoms with E-state index in [0.29, 0.717) is 5.75 Å². The van der Waals surface area contributed by atoms with Gasteiger partial charge in [-0.05, 0) is 37.3 Å². The highest BCUT2D eigenvalue weighted by Crippen LogP contribution is 2.26. The van der Waals surface area contributed by atoms with Crippen molar-refractivity contribution in [2.75, 3.05) is 0 Å². The number of hydrogen-bond acceptors (Lipinski definition) is 1. The van der Waals surface area contributed by atoms with Gasteiger partial charge in [0.05, 0.1) is 0 Å². The zero-order valence-electron chi connectivity index (χ0n) is 11.3. The van der Waals surface area contributed by atoms with Crippen LogP contribution in [0.5, 0.6) is 5.75 Å². The van der Waals surface area contributed by atoms with E-state index in [9.17, 15) is 5.11 Å². The summed E-state index contributed by atoms with van der Waals surface area (Å²) in [6.45, 7) is 6.53. The summed E-state index contributed by atoms with van der Waals surface area (Å²) in [4.78, 5) is 0. The lowest BCUT2D eigenvalue weighted by Crippen LogP contribution is -1.91.